The molecule has 7 heteroatoms. The summed E-state index contributed by atoms with van der Waals surface area (Å²) in [4.78, 5) is 28.8. The van der Waals surface area contributed by atoms with E-state index in [2.05, 4.69) is 15.6 Å². The first kappa shape index (κ1) is 14.5. The highest BCUT2D eigenvalue weighted by atomic mass is 32.1. The molecule has 0 spiro atoms. The van der Waals surface area contributed by atoms with Crippen molar-refractivity contribution in [1.82, 2.24) is 15.6 Å². The molecule has 0 unspecified atom stereocenters. The number of hydrogen-bond donors (Lipinski definition) is 2. The summed E-state index contributed by atoms with van der Waals surface area (Å²) in [5, 5.41) is 6.01. The lowest BCUT2D eigenvalue weighted by Gasteiger charge is -2.41. The Morgan fingerprint density at radius 2 is 2.00 bits per heavy atom. The van der Waals surface area contributed by atoms with Crippen molar-refractivity contribution in [2.45, 2.75) is 38.8 Å². The lowest BCUT2D eigenvalue weighted by Crippen LogP contribution is -2.59. The lowest BCUT2D eigenvalue weighted by molar-refractivity contribution is -0.159. The van der Waals surface area contributed by atoms with Crippen molar-refractivity contribution >= 4 is 23.2 Å². The maximum atomic E-state index is 12.0. The molecule has 2 heterocycles. The van der Waals surface area contributed by atoms with Crippen LogP contribution in [0.3, 0.4) is 0 Å². The van der Waals surface area contributed by atoms with E-state index < -0.39 is 0 Å². The second-order valence-electron chi connectivity index (χ2n) is 6.13. The van der Waals surface area contributed by atoms with Crippen molar-refractivity contribution in [3.05, 3.63) is 16.1 Å². The van der Waals surface area contributed by atoms with Gasteiger partial charge < -0.3 is 15.4 Å². The van der Waals surface area contributed by atoms with E-state index in [0.29, 0.717) is 18.1 Å². The van der Waals surface area contributed by atoms with Gasteiger partial charge in [0.1, 0.15) is 4.88 Å². The summed E-state index contributed by atoms with van der Waals surface area (Å²) >= 11 is 1.35. The van der Waals surface area contributed by atoms with E-state index in [1.165, 1.54) is 11.3 Å². The molecule has 1 aliphatic carbocycles. The van der Waals surface area contributed by atoms with Crippen LogP contribution >= 0.6 is 11.3 Å². The average molecular weight is 309 g/mol. The molecule has 1 saturated carbocycles. The maximum absolute atomic E-state index is 12.0. The van der Waals surface area contributed by atoms with Gasteiger partial charge in [0.05, 0.1) is 29.8 Å². The molecular weight excluding hydrogens is 290 g/mol. The van der Waals surface area contributed by atoms with Crippen molar-refractivity contribution in [3.8, 4) is 0 Å². The van der Waals surface area contributed by atoms with Crippen LogP contribution in [0.2, 0.25) is 0 Å². The van der Waals surface area contributed by atoms with Gasteiger partial charge in [-0.2, -0.15) is 0 Å². The molecule has 2 aliphatic rings. The van der Waals surface area contributed by atoms with Gasteiger partial charge >= 0.3 is 0 Å². The Morgan fingerprint density at radius 3 is 2.52 bits per heavy atom. The van der Waals surface area contributed by atoms with Crippen LogP contribution in [0.25, 0.3) is 0 Å². The van der Waals surface area contributed by atoms with Crippen LogP contribution in [-0.2, 0) is 9.53 Å². The molecule has 2 N–H and O–H groups in total. The SMILES string of the molecule is Cc1ncsc1C(=O)NC1CC(NC(=O)C2(C)COC2)C1. The van der Waals surface area contributed by atoms with Crippen LogP contribution in [0.5, 0.6) is 0 Å². The van der Waals surface area contributed by atoms with Gasteiger partial charge in [-0.05, 0) is 26.7 Å². The van der Waals surface area contributed by atoms with Gasteiger partial charge in [0.15, 0.2) is 0 Å². The van der Waals surface area contributed by atoms with Crippen LogP contribution in [0.4, 0.5) is 0 Å². The topological polar surface area (TPSA) is 80.3 Å². The number of carbonyl (C=O) groups is 2. The predicted molar refractivity (Wildman–Crippen MR) is 78.2 cm³/mol. The summed E-state index contributed by atoms with van der Waals surface area (Å²) < 4.78 is 5.10. The fourth-order valence-electron chi connectivity index (χ4n) is 2.52. The van der Waals surface area contributed by atoms with Gasteiger partial charge in [-0.1, -0.05) is 0 Å². The fourth-order valence-corrected chi connectivity index (χ4v) is 3.23. The highest BCUT2D eigenvalue weighted by Gasteiger charge is 2.43. The smallest absolute Gasteiger partial charge is 0.263 e. The Morgan fingerprint density at radius 1 is 1.33 bits per heavy atom. The second kappa shape index (κ2) is 5.38. The maximum Gasteiger partial charge on any atom is 0.263 e. The molecule has 1 aliphatic heterocycles. The second-order valence-corrected chi connectivity index (χ2v) is 6.99. The molecule has 2 fully saturated rings. The van der Waals surface area contributed by atoms with Crippen LogP contribution in [0, 0.1) is 12.3 Å². The molecule has 6 nitrogen and oxygen atoms in total. The Balaban J connectivity index is 1.43. The van der Waals surface area contributed by atoms with Crippen LogP contribution in [-0.4, -0.2) is 42.1 Å². The zero-order chi connectivity index (χ0) is 15.0. The molecule has 0 atom stereocenters. The molecule has 1 aromatic rings. The normalized spacial score (nSPS) is 26.4. The summed E-state index contributed by atoms with van der Waals surface area (Å²) in [7, 11) is 0. The lowest BCUT2D eigenvalue weighted by atomic mass is 9.83. The van der Waals surface area contributed by atoms with E-state index in [1.807, 2.05) is 13.8 Å². The van der Waals surface area contributed by atoms with E-state index in [0.717, 1.165) is 18.5 Å². The van der Waals surface area contributed by atoms with Crippen molar-refractivity contribution in [1.29, 1.82) is 0 Å². The largest absolute Gasteiger partial charge is 0.379 e. The molecule has 21 heavy (non-hydrogen) atoms. The Labute approximate surface area is 127 Å². The standard InChI is InChI=1S/C14H19N3O3S/c1-8-11(21-7-15-8)12(18)16-9-3-10(4-9)17-13(19)14(2)5-20-6-14/h7,9-10H,3-6H2,1-2H3,(H,16,18)(H,17,19). The molecule has 2 amide bonds. The molecule has 0 radical (unpaired) electrons. The van der Waals surface area contributed by atoms with E-state index >= 15 is 0 Å². The minimum absolute atomic E-state index is 0.0572. The zero-order valence-electron chi connectivity index (χ0n) is 12.1. The number of nitrogens with zero attached hydrogens (tertiary/aromatic N) is 1. The first-order valence-corrected chi connectivity index (χ1v) is 7.95. The number of aromatic nitrogens is 1. The average Bonchev–Trinajstić information content (AvgIpc) is 2.79. The van der Waals surface area contributed by atoms with Crippen LogP contribution < -0.4 is 10.6 Å². The number of rotatable bonds is 4. The summed E-state index contributed by atoms with van der Waals surface area (Å²) in [5.74, 6) is -0.00837. The van der Waals surface area contributed by atoms with E-state index in [1.54, 1.807) is 5.51 Å². The van der Waals surface area contributed by atoms with Crippen molar-refractivity contribution in [3.63, 3.8) is 0 Å². The summed E-state index contributed by atoms with van der Waals surface area (Å²) in [6.07, 6.45) is 1.57. The number of nitrogens with one attached hydrogen (secondary N) is 2. The molecular formula is C14H19N3O3S. The minimum atomic E-state index is -0.367. The van der Waals surface area contributed by atoms with E-state index in [-0.39, 0.29) is 29.3 Å². The Kier molecular flexibility index (Phi) is 3.71. The van der Waals surface area contributed by atoms with E-state index in [4.69, 9.17) is 4.74 Å². The molecule has 114 valence electrons. The molecule has 0 bridgehead atoms. The van der Waals surface area contributed by atoms with Crippen molar-refractivity contribution in [2.75, 3.05) is 13.2 Å². The molecule has 1 saturated heterocycles. The van der Waals surface area contributed by atoms with Gasteiger partial charge in [-0.3, -0.25) is 9.59 Å². The molecule has 0 aromatic carbocycles. The highest BCUT2D eigenvalue weighted by molar-refractivity contribution is 7.11. The van der Waals surface area contributed by atoms with Crippen molar-refractivity contribution in [2.24, 2.45) is 5.41 Å². The summed E-state index contributed by atoms with van der Waals surface area (Å²) in [6, 6.07) is 0.289. The first-order valence-electron chi connectivity index (χ1n) is 7.07. The van der Waals surface area contributed by atoms with E-state index in [9.17, 15) is 9.59 Å². The fraction of sp³-hybridized carbons (Fsp3) is 0.643. The first-order chi connectivity index (χ1) is 9.98. The quantitative estimate of drug-likeness (QED) is 0.864. The van der Waals surface area contributed by atoms with Gasteiger partial charge in [0, 0.05) is 12.1 Å². The monoisotopic (exact) mass is 309 g/mol. The van der Waals surface area contributed by atoms with Crippen LogP contribution in [0.15, 0.2) is 5.51 Å². The van der Waals surface area contributed by atoms with Gasteiger partial charge in [-0.25, -0.2) is 4.98 Å². The number of amides is 2. The highest BCUT2D eigenvalue weighted by Crippen LogP contribution is 2.29. The van der Waals surface area contributed by atoms with Gasteiger partial charge in [-0.15, -0.1) is 11.3 Å². The van der Waals surface area contributed by atoms with Crippen molar-refractivity contribution < 1.29 is 14.3 Å². The predicted octanol–water partition coefficient (Wildman–Crippen LogP) is 0.865. The number of hydrogen-bond acceptors (Lipinski definition) is 5. The third-order valence-corrected chi connectivity index (χ3v) is 5.08. The van der Waals surface area contributed by atoms with Crippen LogP contribution in [0.1, 0.15) is 35.1 Å². The summed E-state index contributed by atoms with van der Waals surface area (Å²) in [6.45, 7) is 4.74. The summed E-state index contributed by atoms with van der Waals surface area (Å²) in [5.41, 5.74) is 2.07. The van der Waals surface area contributed by atoms with Gasteiger partial charge in [0.25, 0.3) is 5.91 Å². The third kappa shape index (κ3) is 2.80. The Bertz CT molecular complexity index is 562. The third-order valence-electron chi connectivity index (χ3n) is 4.15. The number of ether oxygens (including phenoxy) is 1. The molecule has 3 rings (SSSR count). The Hall–Kier alpha value is -1.47. The zero-order valence-corrected chi connectivity index (χ0v) is 13.0. The minimum Gasteiger partial charge on any atom is -0.379 e. The molecule has 1 aromatic heterocycles. The number of thiazole rings is 1. The number of carbonyl (C=O) groups excluding carboxylic acids is 2. The number of aryl methyl sites for hydroxylation is 1. The van der Waals surface area contributed by atoms with Gasteiger partial charge in [0.2, 0.25) is 5.91 Å².